The molecule has 2 N–H and O–H groups in total. The van der Waals surface area contributed by atoms with Crippen molar-refractivity contribution in [1.82, 2.24) is 9.97 Å². The fraction of sp³-hybridized carbons (Fsp3) is 0.375. The molecule has 2 heterocycles. The fourth-order valence-electron chi connectivity index (χ4n) is 2.68. The molecule has 122 valence electrons. The number of hydrogen-bond acceptors (Lipinski definition) is 6. The minimum atomic E-state index is -0.421. The Morgan fingerprint density at radius 2 is 1.78 bits per heavy atom. The third-order valence-corrected chi connectivity index (χ3v) is 3.79. The maximum Gasteiger partial charge on any atom is 0.225 e. The van der Waals surface area contributed by atoms with E-state index in [4.69, 9.17) is 10.5 Å². The smallest absolute Gasteiger partial charge is 0.225 e. The van der Waals surface area contributed by atoms with Gasteiger partial charge >= 0.3 is 0 Å². The number of hydrogen-bond donors (Lipinski definition) is 1. The number of aromatic nitrogens is 2. The monoisotopic (exact) mass is 317 g/mol. The molecule has 1 aliphatic rings. The Kier molecular flexibility index (Phi) is 4.45. The molecule has 1 aromatic heterocycles. The van der Waals surface area contributed by atoms with E-state index in [1.54, 1.807) is 0 Å². The van der Waals surface area contributed by atoms with Gasteiger partial charge in [-0.1, -0.05) is 0 Å². The molecule has 0 atom stereocenters. The quantitative estimate of drug-likeness (QED) is 0.869. The highest BCUT2D eigenvalue weighted by atomic mass is 19.1. The molecule has 7 heteroatoms. The van der Waals surface area contributed by atoms with E-state index in [9.17, 15) is 4.39 Å². The molecule has 3 rings (SSSR count). The summed E-state index contributed by atoms with van der Waals surface area (Å²) >= 11 is 0. The van der Waals surface area contributed by atoms with Crippen molar-refractivity contribution < 1.29 is 9.13 Å². The summed E-state index contributed by atoms with van der Waals surface area (Å²) < 4.78 is 18.6. The summed E-state index contributed by atoms with van der Waals surface area (Å²) in [5.74, 6) is 0.947. The first-order valence-corrected chi connectivity index (χ1v) is 7.67. The van der Waals surface area contributed by atoms with Crippen molar-refractivity contribution in [3.8, 4) is 5.75 Å². The number of ether oxygens (including phenoxy) is 1. The number of benzene rings is 1. The number of anilines is 3. The molecule has 0 radical (unpaired) electrons. The molecule has 23 heavy (non-hydrogen) atoms. The predicted octanol–water partition coefficient (Wildman–Crippen LogP) is 1.92. The molecule has 1 aromatic carbocycles. The van der Waals surface area contributed by atoms with Gasteiger partial charge in [-0.2, -0.15) is 0 Å². The van der Waals surface area contributed by atoms with Gasteiger partial charge in [0.1, 0.15) is 5.75 Å². The zero-order valence-corrected chi connectivity index (χ0v) is 13.1. The Bertz CT molecular complexity index is 656. The van der Waals surface area contributed by atoms with Gasteiger partial charge in [0.2, 0.25) is 5.95 Å². The molecule has 6 nitrogen and oxygen atoms in total. The highest BCUT2D eigenvalue weighted by molar-refractivity contribution is 5.64. The predicted molar refractivity (Wildman–Crippen MR) is 88.4 cm³/mol. The molecule has 2 aromatic rings. The normalized spacial score (nSPS) is 14.9. The summed E-state index contributed by atoms with van der Waals surface area (Å²) in [4.78, 5) is 12.4. The van der Waals surface area contributed by atoms with Crippen LogP contribution in [0.2, 0.25) is 0 Å². The minimum Gasteiger partial charge on any atom is -0.492 e. The lowest BCUT2D eigenvalue weighted by Gasteiger charge is -2.36. The number of nitrogen functional groups attached to an aromatic ring is 1. The number of piperazine rings is 1. The van der Waals surface area contributed by atoms with E-state index in [1.165, 1.54) is 12.4 Å². The first-order chi connectivity index (χ1) is 11.2. The molecule has 1 saturated heterocycles. The third-order valence-electron chi connectivity index (χ3n) is 3.79. The maximum atomic E-state index is 12.9. The number of halogens is 1. The SMILES string of the molecule is CCOc1cc(N)ccc1N1CCN(c2ncc(F)cn2)CC1. The summed E-state index contributed by atoms with van der Waals surface area (Å²) in [5.41, 5.74) is 7.58. The van der Waals surface area contributed by atoms with E-state index in [0.717, 1.165) is 37.6 Å². The second-order valence-electron chi connectivity index (χ2n) is 5.34. The number of nitrogens with zero attached hydrogens (tertiary/aromatic N) is 4. The lowest BCUT2D eigenvalue weighted by atomic mass is 10.2. The van der Waals surface area contributed by atoms with Crippen LogP contribution in [0.15, 0.2) is 30.6 Å². The number of nitrogens with two attached hydrogens (primary N) is 1. The molecule has 0 bridgehead atoms. The Morgan fingerprint density at radius 3 is 2.43 bits per heavy atom. The molecule has 1 aliphatic heterocycles. The van der Waals surface area contributed by atoms with E-state index in [0.29, 0.717) is 18.2 Å². The molecule has 0 saturated carbocycles. The summed E-state index contributed by atoms with van der Waals surface area (Å²) in [6.07, 6.45) is 2.39. The van der Waals surface area contributed by atoms with Crippen LogP contribution in [0.5, 0.6) is 5.75 Å². The standard InChI is InChI=1S/C16H20FN5O/c1-2-23-15-9-13(18)3-4-14(15)21-5-7-22(8-6-21)16-19-10-12(17)11-20-16/h3-4,9-11H,2,5-8,18H2,1H3. The lowest BCUT2D eigenvalue weighted by Crippen LogP contribution is -2.47. The molecule has 0 aliphatic carbocycles. The van der Waals surface area contributed by atoms with E-state index in [-0.39, 0.29) is 0 Å². The second kappa shape index (κ2) is 6.68. The average molecular weight is 317 g/mol. The summed E-state index contributed by atoms with van der Waals surface area (Å²) in [7, 11) is 0. The van der Waals surface area contributed by atoms with E-state index < -0.39 is 5.82 Å². The second-order valence-corrected chi connectivity index (χ2v) is 5.34. The Labute approximate surface area is 134 Å². The van der Waals surface area contributed by atoms with Crippen LogP contribution in [0.4, 0.5) is 21.7 Å². The first kappa shape index (κ1) is 15.3. The zero-order chi connectivity index (χ0) is 16.2. The van der Waals surface area contributed by atoms with Crippen molar-refractivity contribution in [1.29, 1.82) is 0 Å². The molecular formula is C16H20FN5O. The topological polar surface area (TPSA) is 67.5 Å². The van der Waals surface area contributed by atoms with Gasteiger partial charge in [0.05, 0.1) is 24.7 Å². The van der Waals surface area contributed by atoms with Crippen LogP contribution in [0, 0.1) is 5.82 Å². The Balaban J connectivity index is 1.70. The van der Waals surface area contributed by atoms with Crippen LogP contribution in [0.25, 0.3) is 0 Å². The van der Waals surface area contributed by atoms with Crippen LogP contribution in [0.1, 0.15) is 6.92 Å². The fourth-order valence-corrected chi connectivity index (χ4v) is 2.68. The first-order valence-electron chi connectivity index (χ1n) is 7.67. The molecular weight excluding hydrogens is 297 g/mol. The van der Waals surface area contributed by atoms with Crippen molar-refractivity contribution in [3.05, 3.63) is 36.4 Å². The van der Waals surface area contributed by atoms with Crippen molar-refractivity contribution >= 4 is 17.3 Å². The van der Waals surface area contributed by atoms with Gasteiger partial charge in [-0.3, -0.25) is 0 Å². The molecule has 1 fully saturated rings. The summed E-state index contributed by atoms with van der Waals surface area (Å²) in [6.45, 7) is 5.70. The van der Waals surface area contributed by atoms with Gasteiger partial charge in [-0.25, -0.2) is 14.4 Å². The van der Waals surface area contributed by atoms with Crippen molar-refractivity contribution in [2.45, 2.75) is 6.92 Å². The lowest BCUT2D eigenvalue weighted by molar-refractivity contribution is 0.340. The Hall–Kier alpha value is -2.57. The van der Waals surface area contributed by atoms with Crippen LogP contribution in [-0.2, 0) is 0 Å². The molecule has 0 unspecified atom stereocenters. The van der Waals surface area contributed by atoms with E-state index in [1.807, 2.05) is 30.0 Å². The third kappa shape index (κ3) is 3.44. The van der Waals surface area contributed by atoms with Crippen molar-refractivity contribution in [2.75, 3.05) is 48.3 Å². The van der Waals surface area contributed by atoms with Gasteiger partial charge in [0, 0.05) is 37.9 Å². The largest absolute Gasteiger partial charge is 0.492 e. The van der Waals surface area contributed by atoms with Crippen LogP contribution < -0.4 is 20.3 Å². The van der Waals surface area contributed by atoms with Crippen LogP contribution in [-0.4, -0.2) is 42.8 Å². The van der Waals surface area contributed by atoms with Crippen molar-refractivity contribution in [2.24, 2.45) is 0 Å². The van der Waals surface area contributed by atoms with Gasteiger partial charge in [-0.05, 0) is 19.1 Å². The molecule has 0 spiro atoms. The summed E-state index contributed by atoms with van der Waals surface area (Å²) in [5, 5.41) is 0. The van der Waals surface area contributed by atoms with Crippen molar-refractivity contribution in [3.63, 3.8) is 0 Å². The maximum absolute atomic E-state index is 12.9. The van der Waals surface area contributed by atoms with E-state index in [2.05, 4.69) is 14.9 Å². The summed E-state index contributed by atoms with van der Waals surface area (Å²) in [6, 6.07) is 5.73. The number of rotatable bonds is 4. The minimum absolute atomic E-state index is 0.421. The van der Waals surface area contributed by atoms with Crippen LogP contribution >= 0.6 is 0 Å². The van der Waals surface area contributed by atoms with Gasteiger partial charge in [0.15, 0.2) is 5.82 Å². The highest BCUT2D eigenvalue weighted by Crippen LogP contribution is 2.31. The molecule has 0 amide bonds. The highest BCUT2D eigenvalue weighted by Gasteiger charge is 2.21. The zero-order valence-electron chi connectivity index (χ0n) is 13.1. The van der Waals surface area contributed by atoms with Gasteiger partial charge in [-0.15, -0.1) is 0 Å². The van der Waals surface area contributed by atoms with Gasteiger partial charge in [0.25, 0.3) is 0 Å². The Morgan fingerprint density at radius 1 is 1.13 bits per heavy atom. The van der Waals surface area contributed by atoms with E-state index >= 15 is 0 Å². The average Bonchev–Trinajstić information content (AvgIpc) is 2.56. The van der Waals surface area contributed by atoms with Crippen LogP contribution in [0.3, 0.4) is 0 Å². The van der Waals surface area contributed by atoms with Gasteiger partial charge < -0.3 is 20.3 Å².